The lowest BCUT2D eigenvalue weighted by molar-refractivity contribution is 0.162. The van der Waals surface area contributed by atoms with E-state index < -0.39 is 0 Å². The number of rotatable bonds is 7. The minimum absolute atomic E-state index is 1.09. The Labute approximate surface area is 298 Å². The van der Waals surface area contributed by atoms with Gasteiger partial charge in [0.05, 0.1) is 0 Å². The summed E-state index contributed by atoms with van der Waals surface area (Å²) in [5.74, 6) is 0. The van der Waals surface area contributed by atoms with Crippen LogP contribution < -0.4 is 21.3 Å². The van der Waals surface area contributed by atoms with Crippen LogP contribution in [0.2, 0.25) is 0 Å². The minimum atomic E-state index is 1.09. The number of likely N-dealkylation sites (N-methyl/N-ethyl adjacent to an activating group) is 4. The second kappa shape index (κ2) is 29.1. The lowest BCUT2D eigenvalue weighted by atomic mass is 10.3. The molecule has 4 N–H and O–H groups in total. The lowest BCUT2D eigenvalue weighted by Crippen LogP contribution is -2.44. The van der Waals surface area contributed by atoms with Gasteiger partial charge in [-0.1, -0.05) is 13.8 Å². The molecule has 4 aliphatic heterocycles. The highest BCUT2D eigenvalue weighted by Gasteiger charge is 2.15. The van der Waals surface area contributed by atoms with Gasteiger partial charge in [0.1, 0.15) is 0 Å². The van der Waals surface area contributed by atoms with Crippen molar-refractivity contribution < 1.29 is 0 Å². The van der Waals surface area contributed by atoms with Gasteiger partial charge in [0.2, 0.25) is 0 Å². The van der Waals surface area contributed by atoms with Gasteiger partial charge < -0.3 is 40.9 Å². The number of fused-ring (bicyclic) bond motifs is 6. The van der Waals surface area contributed by atoms with Gasteiger partial charge in [0.25, 0.3) is 0 Å². The molecule has 12 heteroatoms. The van der Waals surface area contributed by atoms with Gasteiger partial charge in [-0.2, -0.15) is 0 Å². The summed E-state index contributed by atoms with van der Waals surface area (Å²) in [6, 6.07) is 0. The normalized spacial score (nSPS) is 28.2. The summed E-state index contributed by atoms with van der Waals surface area (Å²) in [7, 11) is 8.90. The Morgan fingerprint density at radius 1 is 0.354 bits per heavy atom. The Balaban J connectivity index is 0.000000257. The molecular formula is C36H82N12. The Kier molecular flexibility index (Phi) is 26.5. The highest BCUT2D eigenvalue weighted by atomic mass is 15.3. The van der Waals surface area contributed by atoms with Gasteiger partial charge in [-0.25, -0.2) is 0 Å². The first kappa shape index (κ1) is 43.7. The average molecular weight is 683 g/mol. The maximum atomic E-state index is 3.57. The number of nitrogens with zero attached hydrogens (tertiary/aromatic N) is 8. The smallest absolute Gasteiger partial charge is 0.0110 e. The topological polar surface area (TPSA) is 74.0 Å². The van der Waals surface area contributed by atoms with Crippen LogP contribution in [-0.4, -0.2) is 251 Å². The maximum absolute atomic E-state index is 3.57. The van der Waals surface area contributed by atoms with Gasteiger partial charge in [-0.15, -0.1) is 0 Å². The van der Waals surface area contributed by atoms with Crippen LogP contribution in [0.4, 0.5) is 0 Å². The van der Waals surface area contributed by atoms with E-state index in [0.717, 1.165) is 52.4 Å². The summed E-state index contributed by atoms with van der Waals surface area (Å²) in [5.41, 5.74) is 0. The van der Waals surface area contributed by atoms with Crippen LogP contribution >= 0.6 is 0 Å². The number of hydrogen-bond donors (Lipinski definition) is 4. The van der Waals surface area contributed by atoms with E-state index in [-0.39, 0.29) is 0 Å². The standard InChI is InChI=1S/C14H31N5.C12H27N5.C10H24N2/c1-16-7-8-17(2)10-12-19-6-4-15-3-5-18(11-9-16)13-14-19;1-2-14-4-8-17-10-6-15-5-9-16(11-12-17)7-3-13-1;1-5-7-11(3)9-10-12(4)8-6-2/h15H,3-14H2,1-2H3;13-15H,1-12H2;5-10H2,1-4H3. The maximum Gasteiger partial charge on any atom is 0.0110 e. The van der Waals surface area contributed by atoms with E-state index in [2.05, 4.69) is 103 Å². The molecule has 0 radical (unpaired) electrons. The molecule has 0 spiro atoms. The summed E-state index contributed by atoms with van der Waals surface area (Å²) in [5, 5.41) is 14.1. The first-order chi connectivity index (χ1) is 23.4. The Morgan fingerprint density at radius 3 is 0.917 bits per heavy atom. The molecule has 4 heterocycles. The van der Waals surface area contributed by atoms with Gasteiger partial charge in [0.15, 0.2) is 0 Å². The van der Waals surface area contributed by atoms with Crippen molar-refractivity contribution in [3.63, 3.8) is 0 Å². The van der Waals surface area contributed by atoms with E-state index in [4.69, 9.17) is 0 Å². The number of nitrogens with one attached hydrogen (secondary N) is 4. The average Bonchev–Trinajstić information content (AvgIpc) is 3.25. The van der Waals surface area contributed by atoms with E-state index in [1.807, 2.05) is 0 Å². The van der Waals surface area contributed by atoms with Crippen LogP contribution in [0.1, 0.15) is 26.7 Å². The summed E-state index contributed by atoms with van der Waals surface area (Å²) < 4.78 is 0. The van der Waals surface area contributed by atoms with E-state index >= 15 is 0 Å². The fourth-order valence-corrected chi connectivity index (χ4v) is 6.52. The van der Waals surface area contributed by atoms with E-state index in [0.29, 0.717) is 0 Å². The van der Waals surface area contributed by atoms with Crippen molar-refractivity contribution in [2.75, 3.05) is 211 Å². The Morgan fingerprint density at radius 2 is 0.604 bits per heavy atom. The molecule has 48 heavy (non-hydrogen) atoms. The molecule has 4 rings (SSSR count). The molecule has 0 amide bonds. The molecule has 4 unspecified atom stereocenters. The predicted octanol–water partition coefficient (Wildman–Crippen LogP) is -0.873. The van der Waals surface area contributed by atoms with E-state index in [1.165, 1.54) is 144 Å². The van der Waals surface area contributed by atoms with Crippen LogP contribution in [0, 0.1) is 0 Å². The van der Waals surface area contributed by atoms with Gasteiger partial charge in [-0.3, -0.25) is 19.6 Å². The molecule has 12 nitrogen and oxygen atoms in total. The zero-order valence-corrected chi connectivity index (χ0v) is 32.8. The second-order valence-corrected chi connectivity index (χ2v) is 14.6. The first-order valence-electron chi connectivity index (χ1n) is 19.9. The fraction of sp³-hybridized carbons (Fsp3) is 1.00. The highest BCUT2D eigenvalue weighted by Crippen LogP contribution is 1.99. The van der Waals surface area contributed by atoms with Crippen molar-refractivity contribution >= 4 is 0 Å². The molecule has 4 saturated heterocycles. The molecule has 4 atom stereocenters. The largest absolute Gasteiger partial charge is 0.314 e. The van der Waals surface area contributed by atoms with E-state index in [9.17, 15) is 0 Å². The van der Waals surface area contributed by atoms with Crippen LogP contribution in [0.3, 0.4) is 0 Å². The lowest BCUT2D eigenvalue weighted by Gasteiger charge is -2.31. The van der Waals surface area contributed by atoms with Crippen molar-refractivity contribution in [3.8, 4) is 0 Å². The molecule has 4 bridgehead atoms. The molecule has 4 aliphatic rings. The SMILES string of the molecule is C1CNCCN2CCNCCN(CCN1)CC2.CCCN(C)CCN(C)CCC.CN1CCN(C)CCN2CCNCCN(CC1)CC2. The zero-order chi connectivity index (χ0) is 34.7. The third-order valence-corrected chi connectivity index (χ3v) is 10.1. The van der Waals surface area contributed by atoms with E-state index in [1.54, 1.807) is 0 Å². The van der Waals surface area contributed by atoms with Gasteiger partial charge in [0, 0.05) is 170 Å². The van der Waals surface area contributed by atoms with Crippen LogP contribution in [-0.2, 0) is 0 Å². The predicted molar refractivity (Wildman–Crippen MR) is 208 cm³/mol. The van der Waals surface area contributed by atoms with Crippen molar-refractivity contribution in [3.05, 3.63) is 0 Å². The monoisotopic (exact) mass is 683 g/mol. The molecule has 0 aromatic heterocycles. The van der Waals surface area contributed by atoms with Crippen LogP contribution in [0.5, 0.6) is 0 Å². The third kappa shape index (κ3) is 23.1. The Bertz CT molecular complexity index is 662. The van der Waals surface area contributed by atoms with Crippen LogP contribution in [0.15, 0.2) is 0 Å². The molecule has 0 aromatic carbocycles. The second-order valence-electron chi connectivity index (χ2n) is 14.6. The third-order valence-electron chi connectivity index (χ3n) is 10.1. The number of hydrogen-bond acceptors (Lipinski definition) is 12. The van der Waals surface area contributed by atoms with Gasteiger partial charge >= 0.3 is 0 Å². The molecule has 0 aromatic rings. The summed E-state index contributed by atoms with van der Waals surface area (Å²) in [4.78, 5) is 20.1. The van der Waals surface area contributed by atoms with Crippen molar-refractivity contribution in [2.24, 2.45) is 0 Å². The summed E-state index contributed by atoms with van der Waals surface area (Å²) in [6.45, 7) is 37.4. The highest BCUT2D eigenvalue weighted by molar-refractivity contribution is 4.73. The molecular weight excluding hydrogens is 600 g/mol. The Hall–Kier alpha value is -0.480. The van der Waals surface area contributed by atoms with Crippen LogP contribution in [0.25, 0.3) is 0 Å². The van der Waals surface area contributed by atoms with Gasteiger partial charge in [-0.05, 0) is 54.1 Å². The summed E-state index contributed by atoms with van der Waals surface area (Å²) in [6.07, 6.45) is 2.52. The fourth-order valence-electron chi connectivity index (χ4n) is 6.52. The molecule has 4 fully saturated rings. The molecule has 286 valence electrons. The minimum Gasteiger partial charge on any atom is -0.314 e. The zero-order valence-electron chi connectivity index (χ0n) is 32.8. The quantitative estimate of drug-likeness (QED) is 0.270. The summed E-state index contributed by atoms with van der Waals surface area (Å²) >= 11 is 0. The van der Waals surface area contributed by atoms with Crippen molar-refractivity contribution in [2.45, 2.75) is 26.7 Å². The first-order valence-corrected chi connectivity index (χ1v) is 19.9. The molecule has 0 aliphatic carbocycles. The van der Waals surface area contributed by atoms with Crippen molar-refractivity contribution in [1.29, 1.82) is 0 Å². The van der Waals surface area contributed by atoms with Crippen molar-refractivity contribution in [1.82, 2.24) is 60.5 Å². The molecule has 0 saturated carbocycles.